The predicted molar refractivity (Wildman–Crippen MR) is 99.4 cm³/mol. The van der Waals surface area contributed by atoms with Gasteiger partial charge in [0.25, 0.3) is 0 Å². The van der Waals surface area contributed by atoms with Gasteiger partial charge in [-0.05, 0) is 19.1 Å². The predicted octanol–water partition coefficient (Wildman–Crippen LogP) is 3.73. The third-order valence-electron chi connectivity index (χ3n) is 3.83. The second-order valence-corrected chi connectivity index (χ2v) is 7.62. The van der Waals surface area contributed by atoms with Crippen molar-refractivity contribution in [2.45, 2.75) is 6.92 Å². The molecule has 0 amide bonds. The highest BCUT2D eigenvalue weighted by Gasteiger charge is 2.16. The minimum atomic E-state index is -0.316. The Morgan fingerprint density at radius 3 is 2.92 bits per heavy atom. The van der Waals surface area contributed by atoms with Gasteiger partial charge in [-0.25, -0.2) is 9.37 Å². The van der Waals surface area contributed by atoms with Crippen molar-refractivity contribution in [1.29, 1.82) is 0 Å². The van der Waals surface area contributed by atoms with Gasteiger partial charge in [-0.15, -0.1) is 11.3 Å². The average Bonchev–Trinajstić information content (AvgIpc) is 3.20. The molecule has 0 spiro atoms. The van der Waals surface area contributed by atoms with Crippen LogP contribution in [0.5, 0.6) is 0 Å². The van der Waals surface area contributed by atoms with Gasteiger partial charge >= 0.3 is 0 Å². The van der Waals surface area contributed by atoms with E-state index in [0.29, 0.717) is 12.1 Å². The minimum absolute atomic E-state index is 0.316. The van der Waals surface area contributed by atoms with E-state index in [1.54, 1.807) is 34.4 Å². The van der Waals surface area contributed by atoms with Gasteiger partial charge in [0, 0.05) is 42.8 Å². The molecular formula is C16H16FN5S2. The summed E-state index contributed by atoms with van der Waals surface area (Å²) in [4.78, 5) is 5.67. The smallest absolute Gasteiger partial charge is 0.152 e. The van der Waals surface area contributed by atoms with Crippen LogP contribution >= 0.6 is 22.7 Å². The van der Waals surface area contributed by atoms with Gasteiger partial charge in [-0.3, -0.25) is 4.68 Å². The topological polar surface area (TPSA) is 68.8 Å². The maximum Gasteiger partial charge on any atom is 0.152 e. The molecule has 0 aliphatic rings. The van der Waals surface area contributed by atoms with Crippen molar-refractivity contribution in [3.63, 3.8) is 0 Å². The normalized spacial score (nSPS) is 11.7. The number of nitrogens with one attached hydrogen (secondary N) is 1. The Balaban J connectivity index is 1.79. The molecule has 0 fully saturated rings. The Labute approximate surface area is 145 Å². The molecule has 0 aliphatic carbocycles. The van der Waals surface area contributed by atoms with E-state index in [1.807, 2.05) is 12.3 Å². The molecule has 0 saturated heterocycles. The molecule has 24 heavy (non-hydrogen) atoms. The van der Waals surface area contributed by atoms with Gasteiger partial charge in [0.2, 0.25) is 0 Å². The first-order chi connectivity index (χ1) is 11.6. The standard InChI is InChI=1S/C16H16FN5S2/c1-8-13-16(24-14(8)19-4-3-18)20-15(23-13)9-5-10-7-22(2)21-12(10)11(17)6-9/h5-7,19H,3-4,18H2,1-2H3. The van der Waals surface area contributed by atoms with Crippen LogP contribution in [-0.2, 0) is 7.05 Å². The number of aromatic nitrogens is 3. The second-order valence-electron chi connectivity index (χ2n) is 5.62. The quantitative estimate of drug-likeness (QED) is 0.581. The summed E-state index contributed by atoms with van der Waals surface area (Å²) in [6.07, 6.45) is 1.82. The van der Waals surface area contributed by atoms with Crippen LogP contribution in [0.1, 0.15) is 5.56 Å². The van der Waals surface area contributed by atoms with Crippen LogP contribution in [0.4, 0.5) is 9.39 Å². The number of thiazole rings is 1. The second kappa shape index (κ2) is 5.80. The first kappa shape index (κ1) is 15.5. The summed E-state index contributed by atoms with van der Waals surface area (Å²) < 4.78 is 17.1. The van der Waals surface area contributed by atoms with Crippen molar-refractivity contribution in [3.05, 3.63) is 29.7 Å². The maximum absolute atomic E-state index is 14.3. The lowest BCUT2D eigenvalue weighted by molar-refractivity contribution is 0.633. The van der Waals surface area contributed by atoms with E-state index in [-0.39, 0.29) is 5.82 Å². The Morgan fingerprint density at radius 1 is 1.33 bits per heavy atom. The molecule has 0 radical (unpaired) electrons. The molecule has 0 unspecified atom stereocenters. The average molecular weight is 361 g/mol. The summed E-state index contributed by atoms with van der Waals surface area (Å²) in [6.45, 7) is 3.41. The molecular weight excluding hydrogens is 345 g/mol. The Kier molecular flexibility index (Phi) is 3.75. The summed E-state index contributed by atoms with van der Waals surface area (Å²) in [5, 5.41) is 10.2. The van der Waals surface area contributed by atoms with Crippen LogP contribution in [0.25, 0.3) is 31.0 Å². The molecule has 0 saturated carbocycles. The number of aryl methyl sites for hydroxylation is 2. The van der Waals surface area contributed by atoms with Crippen molar-refractivity contribution in [3.8, 4) is 10.6 Å². The van der Waals surface area contributed by atoms with Crippen LogP contribution in [0.15, 0.2) is 18.3 Å². The molecule has 3 N–H and O–H groups in total. The van der Waals surface area contributed by atoms with Gasteiger partial charge in [-0.2, -0.15) is 5.10 Å². The summed E-state index contributed by atoms with van der Waals surface area (Å²) in [5.41, 5.74) is 7.90. The summed E-state index contributed by atoms with van der Waals surface area (Å²) >= 11 is 3.20. The largest absolute Gasteiger partial charge is 0.375 e. The Bertz CT molecular complexity index is 1050. The maximum atomic E-state index is 14.3. The Morgan fingerprint density at radius 2 is 2.17 bits per heavy atom. The molecule has 4 rings (SSSR count). The number of benzene rings is 1. The SMILES string of the molecule is Cc1c(NCCN)sc2nc(-c3cc(F)c4nn(C)cc4c3)sc12. The van der Waals surface area contributed by atoms with Crippen LogP contribution in [-0.4, -0.2) is 27.9 Å². The number of hydrogen-bond acceptors (Lipinski definition) is 6. The fourth-order valence-corrected chi connectivity index (χ4v) is 5.03. The molecule has 8 heteroatoms. The van der Waals surface area contributed by atoms with E-state index in [1.165, 1.54) is 11.6 Å². The third kappa shape index (κ3) is 2.47. The fraction of sp³-hybridized carbons (Fsp3) is 0.250. The van der Waals surface area contributed by atoms with Crippen molar-refractivity contribution >= 4 is 48.1 Å². The third-order valence-corrected chi connectivity index (χ3v) is 6.33. The van der Waals surface area contributed by atoms with Gasteiger partial charge < -0.3 is 11.1 Å². The first-order valence-corrected chi connectivity index (χ1v) is 9.17. The van der Waals surface area contributed by atoms with Gasteiger partial charge in [0.15, 0.2) is 5.82 Å². The molecule has 0 aliphatic heterocycles. The lowest BCUT2D eigenvalue weighted by atomic mass is 10.1. The summed E-state index contributed by atoms with van der Waals surface area (Å²) in [6, 6.07) is 3.46. The number of halogens is 1. The molecule has 1 aromatic carbocycles. The zero-order valence-electron chi connectivity index (χ0n) is 13.3. The van der Waals surface area contributed by atoms with Crippen molar-refractivity contribution < 1.29 is 4.39 Å². The van der Waals surface area contributed by atoms with Crippen molar-refractivity contribution in [1.82, 2.24) is 14.8 Å². The molecule has 124 valence electrons. The molecule has 3 aromatic heterocycles. The van der Waals surface area contributed by atoms with E-state index in [9.17, 15) is 4.39 Å². The van der Waals surface area contributed by atoms with Gasteiger partial charge in [0.05, 0.1) is 9.70 Å². The lowest BCUT2D eigenvalue weighted by Crippen LogP contribution is -2.12. The van der Waals surface area contributed by atoms with Crippen LogP contribution in [0.2, 0.25) is 0 Å². The first-order valence-electron chi connectivity index (χ1n) is 7.54. The van der Waals surface area contributed by atoms with E-state index < -0.39 is 0 Å². The fourth-order valence-electron chi connectivity index (χ4n) is 2.70. The van der Waals surface area contributed by atoms with E-state index >= 15 is 0 Å². The van der Waals surface area contributed by atoms with Crippen molar-refractivity contribution in [2.24, 2.45) is 12.8 Å². The van der Waals surface area contributed by atoms with E-state index in [4.69, 9.17) is 10.7 Å². The highest BCUT2D eigenvalue weighted by molar-refractivity contribution is 7.30. The summed E-state index contributed by atoms with van der Waals surface area (Å²) in [5.74, 6) is -0.316. The highest BCUT2D eigenvalue weighted by Crippen LogP contribution is 2.41. The molecule has 5 nitrogen and oxygen atoms in total. The van der Waals surface area contributed by atoms with Crippen LogP contribution in [0.3, 0.4) is 0 Å². The number of fused-ring (bicyclic) bond motifs is 2. The number of nitrogens with two attached hydrogens (primary N) is 1. The molecule has 4 aromatic rings. The zero-order valence-corrected chi connectivity index (χ0v) is 14.9. The van der Waals surface area contributed by atoms with E-state index in [2.05, 4.69) is 17.3 Å². The van der Waals surface area contributed by atoms with Crippen LogP contribution < -0.4 is 11.1 Å². The number of hydrogen-bond donors (Lipinski definition) is 2. The number of thiophene rings is 1. The summed E-state index contributed by atoms with van der Waals surface area (Å²) in [7, 11) is 1.79. The lowest BCUT2D eigenvalue weighted by Gasteiger charge is -2.02. The molecule has 0 bridgehead atoms. The van der Waals surface area contributed by atoms with Gasteiger partial charge in [-0.1, -0.05) is 11.3 Å². The molecule has 0 atom stereocenters. The Hall–Kier alpha value is -2.03. The number of nitrogens with zero attached hydrogens (tertiary/aromatic N) is 3. The highest BCUT2D eigenvalue weighted by atomic mass is 32.1. The molecule has 3 heterocycles. The van der Waals surface area contributed by atoms with Gasteiger partial charge in [0.1, 0.15) is 15.4 Å². The van der Waals surface area contributed by atoms with Crippen LogP contribution in [0, 0.1) is 12.7 Å². The number of anilines is 1. The monoisotopic (exact) mass is 361 g/mol. The van der Waals surface area contributed by atoms with E-state index in [0.717, 1.165) is 37.0 Å². The minimum Gasteiger partial charge on any atom is -0.375 e. The van der Waals surface area contributed by atoms with Crippen molar-refractivity contribution in [2.75, 3.05) is 18.4 Å². The number of rotatable bonds is 4. The zero-order chi connectivity index (χ0) is 16.8.